The number of hydrogen-bond donors (Lipinski definition) is 1. The summed E-state index contributed by atoms with van der Waals surface area (Å²) in [4.78, 5) is 11.3. The van der Waals surface area contributed by atoms with Gasteiger partial charge < -0.3 is 57.2 Å². The molecule has 0 aliphatic heterocycles. The van der Waals surface area contributed by atoms with Crippen LogP contribution < -0.4 is 0 Å². The highest BCUT2D eigenvalue weighted by Crippen LogP contribution is 1.91. The van der Waals surface area contributed by atoms with Crippen molar-refractivity contribution in [2.24, 2.45) is 0 Å². The molecule has 0 aromatic rings. The number of hydrogen-bond acceptors (Lipinski definition) is 13. The van der Waals surface area contributed by atoms with Gasteiger partial charge in [-0.25, -0.2) is 4.79 Å². The van der Waals surface area contributed by atoms with Gasteiger partial charge in [-0.1, -0.05) is 5.57 Å². The van der Waals surface area contributed by atoms with Crippen LogP contribution in [-0.4, -0.2) is 156 Å². The molecule has 0 heterocycles. The second-order valence-electron chi connectivity index (χ2n) is 8.24. The molecule has 0 saturated heterocycles. The van der Waals surface area contributed by atoms with E-state index in [1.807, 2.05) is 13.8 Å². The molecule has 0 spiro atoms. The van der Waals surface area contributed by atoms with Crippen molar-refractivity contribution < 1.29 is 62.0 Å². The Morgan fingerprint density at radius 2 is 0.650 bits per heavy atom. The van der Waals surface area contributed by atoms with Gasteiger partial charge in [0.15, 0.2) is 0 Å². The van der Waals surface area contributed by atoms with Crippen molar-refractivity contribution in [3.63, 3.8) is 0 Å². The lowest BCUT2D eigenvalue weighted by molar-refractivity contribution is -0.139. The first kappa shape index (κ1) is 38.8. The maximum absolute atomic E-state index is 11.3. The average molecular weight is 585 g/mol. The molecule has 40 heavy (non-hydrogen) atoms. The number of rotatable bonds is 33. The third-order valence-electron chi connectivity index (χ3n) is 4.46. The Morgan fingerprint density at radius 3 is 0.875 bits per heavy atom. The summed E-state index contributed by atoms with van der Waals surface area (Å²) in [5.74, 6) is -0.354. The molecule has 0 fully saturated rings. The number of aliphatic hydroxyl groups excluding tert-OH is 1. The predicted molar refractivity (Wildman–Crippen MR) is 146 cm³/mol. The number of allylic oxidation sites excluding steroid dienone is 1. The van der Waals surface area contributed by atoms with Crippen LogP contribution in [0.15, 0.2) is 11.6 Å². The van der Waals surface area contributed by atoms with E-state index in [0.717, 1.165) is 5.57 Å². The number of esters is 1. The lowest BCUT2D eigenvalue weighted by Gasteiger charge is -2.09. The SMILES string of the molecule is CC(C)=CC(=O)OCCOCCOCCOCCOCCOCCOCCOCCOCCOCCOCCO. The van der Waals surface area contributed by atoms with Crippen molar-refractivity contribution in [2.45, 2.75) is 13.8 Å². The van der Waals surface area contributed by atoms with Gasteiger partial charge >= 0.3 is 5.97 Å². The zero-order chi connectivity index (χ0) is 29.2. The molecule has 0 amide bonds. The summed E-state index contributed by atoms with van der Waals surface area (Å²) < 4.78 is 58.7. The van der Waals surface area contributed by atoms with E-state index < -0.39 is 0 Å². The van der Waals surface area contributed by atoms with Crippen LogP contribution in [0.5, 0.6) is 0 Å². The molecule has 0 aliphatic rings. The minimum Gasteiger partial charge on any atom is -0.460 e. The Morgan fingerprint density at radius 1 is 0.425 bits per heavy atom. The minimum absolute atomic E-state index is 0.0229. The molecule has 0 saturated carbocycles. The normalized spacial score (nSPS) is 11.2. The summed E-state index contributed by atoms with van der Waals surface area (Å²) in [6.07, 6.45) is 1.45. The third-order valence-corrected chi connectivity index (χ3v) is 4.46. The van der Waals surface area contributed by atoms with Gasteiger partial charge in [0.1, 0.15) is 6.61 Å². The fourth-order valence-electron chi connectivity index (χ4n) is 2.62. The molecule has 0 aliphatic carbocycles. The van der Waals surface area contributed by atoms with Gasteiger partial charge in [-0.15, -0.1) is 0 Å². The summed E-state index contributed by atoms with van der Waals surface area (Å²) in [7, 11) is 0. The number of carbonyl (C=O) groups is 1. The largest absolute Gasteiger partial charge is 0.460 e. The zero-order valence-corrected chi connectivity index (χ0v) is 24.5. The molecule has 0 aromatic carbocycles. The lowest BCUT2D eigenvalue weighted by Crippen LogP contribution is -2.15. The van der Waals surface area contributed by atoms with Crippen LogP contribution in [0.2, 0.25) is 0 Å². The van der Waals surface area contributed by atoms with E-state index in [1.165, 1.54) is 6.08 Å². The van der Waals surface area contributed by atoms with E-state index in [1.54, 1.807) is 0 Å². The van der Waals surface area contributed by atoms with Gasteiger partial charge in [-0.3, -0.25) is 0 Å². The fourth-order valence-corrected chi connectivity index (χ4v) is 2.62. The summed E-state index contributed by atoms with van der Waals surface area (Å²) in [6.45, 7) is 13.3. The molecular weight excluding hydrogens is 532 g/mol. The standard InChI is InChI=1S/C27H52O13/c1-26(2)25-27(29)40-24-23-39-22-21-38-20-19-37-18-17-36-16-15-35-14-13-34-12-11-33-10-9-32-8-7-31-6-5-30-4-3-28/h25,28H,3-24H2,1-2H3. The Bertz CT molecular complexity index is 545. The van der Waals surface area contributed by atoms with Gasteiger partial charge in [-0.05, 0) is 13.8 Å². The van der Waals surface area contributed by atoms with E-state index in [9.17, 15) is 4.79 Å². The predicted octanol–water partition coefficient (Wildman–Crippen LogP) is 0.654. The molecule has 0 radical (unpaired) electrons. The van der Waals surface area contributed by atoms with Gasteiger partial charge in [0.25, 0.3) is 0 Å². The second-order valence-corrected chi connectivity index (χ2v) is 8.24. The first-order valence-electron chi connectivity index (χ1n) is 13.9. The quantitative estimate of drug-likeness (QED) is 0.0657. The first-order chi connectivity index (χ1) is 19.7. The molecule has 0 rings (SSSR count). The van der Waals surface area contributed by atoms with E-state index in [4.69, 9.17) is 57.2 Å². The van der Waals surface area contributed by atoms with E-state index in [2.05, 4.69) is 0 Å². The maximum Gasteiger partial charge on any atom is 0.330 e. The van der Waals surface area contributed by atoms with Crippen molar-refractivity contribution in [2.75, 3.05) is 145 Å². The van der Waals surface area contributed by atoms with E-state index in [-0.39, 0.29) is 19.2 Å². The van der Waals surface area contributed by atoms with Crippen molar-refractivity contribution in [1.29, 1.82) is 0 Å². The summed E-state index contributed by atoms with van der Waals surface area (Å²) in [6, 6.07) is 0. The van der Waals surface area contributed by atoms with Crippen LogP contribution in [0.1, 0.15) is 13.8 Å². The molecular formula is C27H52O13. The van der Waals surface area contributed by atoms with Gasteiger partial charge in [0.05, 0.1) is 139 Å². The molecule has 1 N–H and O–H groups in total. The molecule has 13 nitrogen and oxygen atoms in total. The van der Waals surface area contributed by atoms with Gasteiger partial charge in [0.2, 0.25) is 0 Å². The van der Waals surface area contributed by atoms with Crippen molar-refractivity contribution >= 4 is 5.97 Å². The Kier molecular flexibility index (Phi) is 32.9. The number of carbonyl (C=O) groups excluding carboxylic acids is 1. The first-order valence-corrected chi connectivity index (χ1v) is 13.9. The highest BCUT2D eigenvalue weighted by Gasteiger charge is 1.98. The molecule has 0 bridgehead atoms. The molecule has 0 unspecified atom stereocenters. The monoisotopic (exact) mass is 584 g/mol. The smallest absolute Gasteiger partial charge is 0.330 e. The van der Waals surface area contributed by atoms with Crippen molar-refractivity contribution in [3.05, 3.63) is 11.6 Å². The van der Waals surface area contributed by atoms with Crippen LogP contribution in [-0.2, 0) is 56.9 Å². The fraction of sp³-hybridized carbons (Fsp3) is 0.889. The number of ether oxygens (including phenoxy) is 11. The van der Waals surface area contributed by atoms with E-state index >= 15 is 0 Å². The topological polar surface area (TPSA) is 139 Å². The Hall–Kier alpha value is -1.23. The van der Waals surface area contributed by atoms with E-state index in [0.29, 0.717) is 132 Å². The van der Waals surface area contributed by atoms with Crippen LogP contribution >= 0.6 is 0 Å². The van der Waals surface area contributed by atoms with Crippen LogP contribution in [0.25, 0.3) is 0 Å². The van der Waals surface area contributed by atoms with Gasteiger partial charge in [0, 0.05) is 6.08 Å². The minimum atomic E-state index is -0.354. The molecule has 0 atom stereocenters. The second kappa shape index (κ2) is 34.0. The highest BCUT2D eigenvalue weighted by atomic mass is 16.6. The highest BCUT2D eigenvalue weighted by molar-refractivity contribution is 5.82. The van der Waals surface area contributed by atoms with Crippen molar-refractivity contribution in [3.8, 4) is 0 Å². The third kappa shape index (κ3) is 34.8. The molecule has 238 valence electrons. The average Bonchev–Trinajstić information content (AvgIpc) is 2.93. The zero-order valence-electron chi connectivity index (χ0n) is 24.5. The Balaban J connectivity index is 3.08. The van der Waals surface area contributed by atoms with Crippen LogP contribution in [0.3, 0.4) is 0 Å². The summed E-state index contributed by atoms with van der Waals surface area (Å²) in [5, 5.41) is 8.56. The molecule has 13 heteroatoms. The number of aliphatic hydroxyl groups is 1. The molecule has 0 aromatic heterocycles. The Labute approximate surface area is 239 Å². The van der Waals surface area contributed by atoms with Crippen molar-refractivity contribution in [1.82, 2.24) is 0 Å². The van der Waals surface area contributed by atoms with Crippen LogP contribution in [0, 0.1) is 0 Å². The summed E-state index contributed by atoms with van der Waals surface area (Å²) in [5.41, 5.74) is 0.898. The van der Waals surface area contributed by atoms with Gasteiger partial charge in [-0.2, -0.15) is 0 Å². The lowest BCUT2D eigenvalue weighted by atomic mass is 10.3. The maximum atomic E-state index is 11.3. The summed E-state index contributed by atoms with van der Waals surface area (Å²) >= 11 is 0. The van der Waals surface area contributed by atoms with Crippen LogP contribution in [0.4, 0.5) is 0 Å².